The minimum absolute atomic E-state index is 0.288. The number of nitrogens with one attached hydrogen (secondary N) is 1. The second kappa shape index (κ2) is 6.28. The van der Waals surface area contributed by atoms with Gasteiger partial charge in [-0.3, -0.25) is 4.98 Å². The molecule has 0 fully saturated rings. The van der Waals surface area contributed by atoms with E-state index in [1.807, 2.05) is 18.3 Å². The van der Waals surface area contributed by atoms with Gasteiger partial charge < -0.3 is 5.32 Å². The molecule has 0 aliphatic carbocycles. The highest BCUT2D eigenvalue weighted by Gasteiger charge is 2.14. The Morgan fingerprint density at radius 1 is 1.41 bits per heavy atom. The van der Waals surface area contributed by atoms with Gasteiger partial charge in [0.2, 0.25) is 0 Å². The molecule has 1 atom stereocenters. The molecule has 17 heavy (non-hydrogen) atoms. The van der Waals surface area contributed by atoms with Gasteiger partial charge in [0.05, 0.1) is 11.7 Å². The number of halogens is 1. The van der Waals surface area contributed by atoms with Crippen molar-refractivity contribution in [2.75, 3.05) is 6.54 Å². The van der Waals surface area contributed by atoms with E-state index in [9.17, 15) is 0 Å². The largest absolute Gasteiger partial charge is 0.309 e. The third-order valence-electron chi connectivity index (χ3n) is 2.58. The van der Waals surface area contributed by atoms with Crippen molar-refractivity contribution < 1.29 is 0 Å². The van der Waals surface area contributed by atoms with Crippen LogP contribution < -0.4 is 5.32 Å². The molecule has 0 amide bonds. The van der Waals surface area contributed by atoms with E-state index in [1.54, 1.807) is 11.3 Å². The molecule has 0 saturated heterocycles. The molecule has 1 unspecified atom stereocenters. The standard InChI is InChI=1S/C13H15BrN2S/c1-2-15-12(11-5-3-4-7-16-11)9-13-10(14)6-8-17-13/h3-8,12,15H,2,9H2,1H3. The summed E-state index contributed by atoms with van der Waals surface area (Å²) >= 11 is 5.36. The summed E-state index contributed by atoms with van der Waals surface area (Å²) in [7, 11) is 0. The van der Waals surface area contributed by atoms with Crippen molar-refractivity contribution in [3.63, 3.8) is 0 Å². The Bertz CT molecular complexity index is 455. The second-order valence-corrected chi connectivity index (χ2v) is 5.62. The van der Waals surface area contributed by atoms with E-state index in [2.05, 4.69) is 50.7 Å². The maximum Gasteiger partial charge on any atom is 0.0576 e. The lowest BCUT2D eigenvalue weighted by atomic mass is 10.1. The summed E-state index contributed by atoms with van der Waals surface area (Å²) in [4.78, 5) is 5.80. The van der Waals surface area contributed by atoms with Crippen molar-refractivity contribution in [2.24, 2.45) is 0 Å². The molecule has 0 aromatic carbocycles. The smallest absolute Gasteiger partial charge is 0.0576 e. The summed E-state index contributed by atoms with van der Waals surface area (Å²) in [5.41, 5.74) is 1.11. The first kappa shape index (κ1) is 12.7. The van der Waals surface area contributed by atoms with Gasteiger partial charge >= 0.3 is 0 Å². The van der Waals surface area contributed by atoms with E-state index in [-0.39, 0.29) is 6.04 Å². The molecule has 0 spiro atoms. The number of rotatable bonds is 5. The molecule has 90 valence electrons. The number of aromatic nitrogens is 1. The van der Waals surface area contributed by atoms with Gasteiger partial charge in [-0.25, -0.2) is 0 Å². The fourth-order valence-electron chi connectivity index (χ4n) is 1.77. The van der Waals surface area contributed by atoms with Crippen LogP contribution >= 0.6 is 27.3 Å². The van der Waals surface area contributed by atoms with E-state index in [0.29, 0.717) is 0 Å². The van der Waals surface area contributed by atoms with Gasteiger partial charge in [0.1, 0.15) is 0 Å². The number of likely N-dealkylation sites (N-methyl/N-ethyl adjacent to an activating group) is 1. The minimum Gasteiger partial charge on any atom is -0.309 e. The SMILES string of the molecule is CCNC(Cc1sccc1Br)c1ccccn1. The topological polar surface area (TPSA) is 24.9 Å². The summed E-state index contributed by atoms with van der Waals surface area (Å²) in [6.45, 7) is 3.07. The molecule has 2 nitrogen and oxygen atoms in total. The Balaban J connectivity index is 2.16. The average molecular weight is 311 g/mol. The van der Waals surface area contributed by atoms with Crippen molar-refractivity contribution in [1.82, 2.24) is 10.3 Å². The first-order valence-electron chi connectivity index (χ1n) is 5.67. The van der Waals surface area contributed by atoms with Crippen LogP contribution in [0, 0.1) is 0 Å². The lowest BCUT2D eigenvalue weighted by Crippen LogP contribution is -2.23. The normalized spacial score (nSPS) is 12.6. The summed E-state index contributed by atoms with van der Waals surface area (Å²) in [6, 6.07) is 8.45. The number of pyridine rings is 1. The molecule has 2 aromatic rings. The molecule has 0 radical (unpaired) electrons. The summed E-state index contributed by atoms with van der Waals surface area (Å²) in [5.74, 6) is 0. The van der Waals surface area contributed by atoms with E-state index < -0.39 is 0 Å². The van der Waals surface area contributed by atoms with Crippen molar-refractivity contribution in [1.29, 1.82) is 0 Å². The number of thiophene rings is 1. The average Bonchev–Trinajstić information content (AvgIpc) is 2.76. The lowest BCUT2D eigenvalue weighted by Gasteiger charge is -2.16. The van der Waals surface area contributed by atoms with Crippen LogP contribution in [0.5, 0.6) is 0 Å². The predicted octanol–water partition coefficient (Wildman–Crippen LogP) is 3.80. The molecule has 0 saturated carbocycles. The van der Waals surface area contributed by atoms with Crippen LogP contribution in [-0.4, -0.2) is 11.5 Å². The fourth-order valence-corrected chi connectivity index (χ4v) is 3.33. The van der Waals surface area contributed by atoms with Gasteiger partial charge in [-0.15, -0.1) is 11.3 Å². The zero-order valence-electron chi connectivity index (χ0n) is 9.69. The highest BCUT2D eigenvalue weighted by Crippen LogP contribution is 2.27. The summed E-state index contributed by atoms with van der Waals surface area (Å²) in [5, 5.41) is 5.60. The molecule has 0 aliphatic rings. The highest BCUT2D eigenvalue weighted by atomic mass is 79.9. The minimum atomic E-state index is 0.288. The Morgan fingerprint density at radius 3 is 2.88 bits per heavy atom. The second-order valence-electron chi connectivity index (χ2n) is 3.76. The predicted molar refractivity (Wildman–Crippen MR) is 76.4 cm³/mol. The maximum absolute atomic E-state index is 4.43. The molecule has 0 bridgehead atoms. The van der Waals surface area contributed by atoms with Crippen molar-refractivity contribution in [2.45, 2.75) is 19.4 Å². The van der Waals surface area contributed by atoms with Gasteiger partial charge in [-0.1, -0.05) is 13.0 Å². The molecule has 0 aliphatic heterocycles. The van der Waals surface area contributed by atoms with Crippen LogP contribution in [-0.2, 0) is 6.42 Å². The first-order valence-corrected chi connectivity index (χ1v) is 7.34. The third-order valence-corrected chi connectivity index (χ3v) is 4.52. The highest BCUT2D eigenvalue weighted by molar-refractivity contribution is 9.10. The monoisotopic (exact) mass is 310 g/mol. The summed E-state index contributed by atoms with van der Waals surface area (Å²) in [6.07, 6.45) is 2.83. The third kappa shape index (κ3) is 3.37. The Hall–Kier alpha value is -0.710. The van der Waals surface area contributed by atoms with E-state index >= 15 is 0 Å². The fraction of sp³-hybridized carbons (Fsp3) is 0.308. The van der Waals surface area contributed by atoms with Gasteiger partial charge in [0.15, 0.2) is 0 Å². The number of nitrogens with zero attached hydrogens (tertiary/aromatic N) is 1. The Morgan fingerprint density at radius 2 is 2.29 bits per heavy atom. The summed E-state index contributed by atoms with van der Waals surface area (Å²) < 4.78 is 1.20. The van der Waals surface area contributed by atoms with Crippen LogP contribution in [0.4, 0.5) is 0 Å². The van der Waals surface area contributed by atoms with Crippen LogP contribution in [0.2, 0.25) is 0 Å². The Kier molecular flexibility index (Phi) is 4.71. The van der Waals surface area contributed by atoms with Gasteiger partial charge in [-0.05, 0) is 46.1 Å². The first-order chi connectivity index (χ1) is 8.31. The van der Waals surface area contributed by atoms with Crippen LogP contribution in [0.1, 0.15) is 23.5 Å². The molecule has 2 rings (SSSR count). The molecule has 2 aromatic heterocycles. The van der Waals surface area contributed by atoms with Crippen LogP contribution in [0.15, 0.2) is 40.3 Å². The van der Waals surface area contributed by atoms with E-state index in [0.717, 1.165) is 18.7 Å². The van der Waals surface area contributed by atoms with E-state index in [1.165, 1.54) is 9.35 Å². The molecular formula is C13H15BrN2S. The van der Waals surface area contributed by atoms with Crippen LogP contribution in [0.25, 0.3) is 0 Å². The molecule has 1 N–H and O–H groups in total. The molecular weight excluding hydrogens is 296 g/mol. The van der Waals surface area contributed by atoms with Crippen molar-refractivity contribution in [3.05, 3.63) is 50.9 Å². The van der Waals surface area contributed by atoms with Crippen LogP contribution in [0.3, 0.4) is 0 Å². The van der Waals surface area contributed by atoms with Crippen molar-refractivity contribution >= 4 is 27.3 Å². The zero-order chi connectivity index (χ0) is 12.1. The quantitative estimate of drug-likeness (QED) is 0.908. The zero-order valence-corrected chi connectivity index (χ0v) is 12.1. The maximum atomic E-state index is 4.43. The number of hydrogen-bond donors (Lipinski definition) is 1. The number of hydrogen-bond acceptors (Lipinski definition) is 3. The molecule has 2 heterocycles. The molecule has 4 heteroatoms. The van der Waals surface area contributed by atoms with E-state index in [4.69, 9.17) is 0 Å². The van der Waals surface area contributed by atoms with Gasteiger partial charge in [0.25, 0.3) is 0 Å². The van der Waals surface area contributed by atoms with Gasteiger partial charge in [0, 0.05) is 22.0 Å². The van der Waals surface area contributed by atoms with Crippen molar-refractivity contribution in [3.8, 4) is 0 Å². The lowest BCUT2D eigenvalue weighted by molar-refractivity contribution is 0.539. The Labute approximate surface area is 114 Å². The van der Waals surface area contributed by atoms with Gasteiger partial charge in [-0.2, -0.15) is 0 Å².